The van der Waals surface area contributed by atoms with Crippen LogP contribution in [0, 0.1) is 17.8 Å². The standard InChI is InChI=1S/C19H35N3O6/c1-7-28-19(26)14(6)20-18(25)16(9-13(4)5)21-17(24)15(8-12(2)3)10-22(27)11-23/h11-16,27H,7-10H2,1-6H3,(H,20,25)(H,21,24)/t14-,15?,16-/m0/s1. The van der Waals surface area contributed by atoms with Crippen molar-refractivity contribution in [2.24, 2.45) is 17.8 Å². The summed E-state index contributed by atoms with van der Waals surface area (Å²) in [7, 11) is 0. The van der Waals surface area contributed by atoms with Crippen molar-refractivity contribution in [3.05, 3.63) is 0 Å². The Morgan fingerprint density at radius 1 is 1.00 bits per heavy atom. The summed E-state index contributed by atoms with van der Waals surface area (Å²) >= 11 is 0. The van der Waals surface area contributed by atoms with Gasteiger partial charge in [0.05, 0.1) is 19.1 Å². The highest BCUT2D eigenvalue weighted by Crippen LogP contribution is 2.14. The van der Waals surface area contributed by atoms with Gasteiger partial charge in [-0.3, -0.25) is 19.6 Å². The maximum absolute atomic E-state index is 12.7. The van der Waals surface area contributed by atoms with Crippen molar-refractivity contribution in [2.75, 3.05) is 13.2 Å². The first-order chi connectivity index (χ1) is 13.0. The molecule has 0 aliphatic carbocycles. The lowest BCUT2D eigenvalue weighted by molar-refractivity contribution is -0.155. The summed E-state index contributed by atoms with van der Waals surface area (Å²) < 4.78 is 4.88. The van der Waals surface area contributed by atoms with Crippen LogP contribution in [-0.2, 0) is 23.9 Å². The molecule has 162 valence electrons. The third-order valence-electron chi connectivity index (χ3n) is 3.99. The van der Waals surface area contributed by atoms with E-state index in [0.717, 1.165) is 0 Å². The van der Waals surface area contributed by atoms with Crippen LogP contribution in [0.3, 0.4) is 0 Å². The molecule has 3 amide bonds. The predicted octanol–water partition coefficient (Wildman–Crippen LogP) is 1.10. The average molecular weight is 402 g/mol. The van der Waals surface area contributed by atoms with Crippen LogP contribution in [0.4, 0.5) is 0 Å². The molecule has 0 rings (SSSR count). The molecule has 0 bridgehead atoms. The monoisotopic (exact) mass is 401 g/mol. The Hall–Kier alpha value is -2.16. The number of amides is 3. The van der Waals surface area contributed by atoms with Gasteiger partial charge in [-0.2, -0.15) is 0 Å². The van der Waals surface area contributed by atoms with Gasteiger partial charge >= 0.3 is 5.97 Å². The number of nitrogens with one attached hydrogen (secondary N) is 2. The van der Waals surface area contributed by atoms with E-state index in [1.165, 1.54) is 6.92 Å². The van der Waals surface area contributed by atoms with Gasteiger partial charge in [0, 0.05) is 0 Å². The summed E-state index contributed by atoms with van der Waals surface area (Å²) in [4.78, 5) is 47.8. The normalized spacial score (nSPS) is 14.2. The molecule has 9 heteroatoms. The van der Waals surface area contributed by atoms with Gasteiger partial charge in [-0.1, -0.05) is 27.7 Å². The average Bonchev–Trinajstić information content (AvgIpc) is 2.59. The van der Waals surface area contributed by atoms with Crippen LogP contribution < -0.4 is 10.6 Å². The van der Waals surface area contributed by atoms with Crippen LogP contribution >= 0.6 is 0 Å². The maximum atomic E-state index is 12.7. The molecule has 0 aromatic heterocycles. The van der Waals surface area contributed by atoms with Crippen molar-refractivity contribution in [2.45, 2.75) is 66.5 Å². The molecular weight excluding hydrogens is 366 g/mol. The van der Waals surface area contributed by atoms with Gasteiger partial charge in [-0.15, -0.1) is 0 Å². The first-order valence-electron chi connectivity index (χ1n) is 9.69. The lowest BCUT2D eigenvalue weighted by Crippen LogP contribution is -2.53. The van der Waals surface area contributed by atoms with Gasteiger partial charge in [0.15, 0.2) is 0 Å². The Kier molecular flexibility index (Phi) is 12.1. The molecule has 0 radical (unpaired) electrons. The van der Waals surface area contributed by atoms with E-state index in [2.05, 4.69) is 10.6 Å². The quantitative estimate of drug-likeness (QED) is 0.184. The third kappa shape index (κ3) is 10.2. The number of nitrogens with zero attached hydrogens (tertiary/aromatic N) is 1. The Morgan fingerprint density at radius 2 is 1.57 bits per heavy atom. The van der Waals surface area contributed by atoms with Crippen LogP contribution in [0.25, 0.3) is 0 Å². The molecule has 0 fully saturated rings. The van der Waals surface area contributed by atoms with Crippen molar-refractivity contribution in [1.29, 1.82) is 0 Å². The molecule has 0 spiro atoms. The van der Waals surface area contributed by atoms with Crippen molar-refractivity contribution < 1.29 is 29.1 Å². The summed E-state index contributed by atoms with van der Waals surface area (Å²) in [5, 5.41) is 15.2. The zero-order valence-electron chi connectivity index (χ0n) is 17.7. The topological polar surface area (TPSA) is 125 Å². The van der Waals surface area contributed by atoms with Crippen LogP contribution in [0.2, 0.25) is 0 Å². The number of carbonyl (C=O) groups is 4. The second kappa shape index (κ2) is 13.1. The molecule has 3 atom stereocenters. The fourth-order valence-electron chi connectivity index (χ4n) is 2.74. The minimum absolute atomic E-state index is 0.113. The zero-order valence-corrected chi connectivity index (χ0v) is 17.7. The molecule has 28 heavy (non-hydrogen) atoms. The van der Waals surface area contributed by atoms with Gasteiger partial charge in [-0.05, 0) is 38.5 Å². The lowest BCUT2D eigenvalue weighted by atomic mass is 9.95. The molecule has 0 heterocycles. The number of hydrogen-bond donors (Lipinski definition) is 3. The van der Waals surface area contributed by atoms with Gasteiger partial charge < -0.3 is 15.4 Å². The molecule has 0 aromatic carbocycles. The molecule has 1 unspecified atom stereocenters. The van der Waals surface area contributed by atoms with E-state index in [1.807, 2.05) is 27.7 Å². The Morgan fingerprint density at radius 3 is 2.04 bits per heavy atom. The number of hydroxylamine groups is 2. The predicted molar refractivity (Wildman–Crippen MR) is 103 cm³/mol. The lowest BCUT2D eigenvalue weighted by Gasteiger charge is -2.26. The highest BCUT2D eigenvalue weighted by molar-refractivity contribution is 5.91. The summed E-state index contributed by atoms with van der Waals surface area (Å²) in [6.45, 7) is 10.9. The Labute approximate surface area is 167 Å². The smallest absolute Gasteiger partial charge is 0.328 e. The van der Waals surface area contributed by atoms with Crippen LogP contribution in [0.15, 0.2) is 0 Å². The van der Waals surface area contributed by atoms with E-state index < -0.39 is 35.8 Å². The number of hydrogen-bond acceptors (Lipinski definition) is 6. The molecule has 0 saturated carbocycles. The number of ether oxygens (including phenoxy) is 1. The molecule has 0 aliphatic heterocycles. The number of esters is 1. The van der Waals surface area contributed by atoms with Gasteiger partial charge in [0.2, 0.25) is 18.2 Å². The summed E-state index contributed by atoms with van der Waals surface area (Å²) in [5.41, 5.74) is 0. The maximum Gasteiger partial charge on any atom is 0.328 e. The second-order valence-electron chi connectivity index (χ2n) is 7.73. The van der Waals surface area contributed by atoms with Crippen molar-refractivity contribution in [3.63, 3.8) is 0 Å². The molecular formula is C19H35N3O6. The molecule has 0 saturated heterocycles. The third-order valence-corrected chi connectivity index (χ3v) is 3.99. The minimum atomic E-state index is -0.845. The second-order valence-corrected chi connectivity index (χ2v) is 7.73. The van der Waals surface area contributed by atoms with E-state index >= 15 is 0 Å². The Balaban J connectivity index is 5.20. The van der Waals surface area contributed by atoms with Gasteiger partial charge in [-0.25, -0.2) is 9.86 Å². The van der Waals surface area contributed by atoms with E-state index in [1.54, 1.807) is 6.92 Å². The van der Waals surface area contributed by atoms with E-state index in [-0.39, 0.29) is 31.4 Å². The molecule has 0 aliphatic rings. The van der Waals surface area contributed by atoms with Crippen molar-refractivity contribution in [3.8, 4) is 0 Å². The summed E-state index contributed by atoms with van der Waals surface area (Å²) in [5.74, 6) is -1.87. The van der Waals surface area contributed by atoms with E-state index in [9.17, 15) is 24.4 Å². The van der Waals surface area contributed by atoms with Crippen molar-refractivity contribution in [1.82, 2.24) is 15.7 Å². The van der Waals surface area contributed by atoms with Crippen LogP contribution in [0.5, 0.6) is 0 Å². The SMILES string of the molecule is CCOC(=O)[C@H](C)NC(=O)[C@H](CC(C)C)NC(=O)C(CC(C)C)CN(O)C=O. The number of rotatable bonds is 13. The largest absolute Gasteiger partial charge is 0.464 e. The first-order valence-corrected chi connectivity index (χ1v) is 9.69. The highest BCUT2D eigenvalue weighted by atomic mass is 16.5. The van der Waals surface area contributed by atoms with Crippen LogP contribution in [0.1, 0.15) is 54.4 Å². The first kappa shape index (κ1) is 25.8. The number of carbonyl (C=O) groups excluding carboxylic acids is 4. The zero-order chi connectivity index (χ0) is 21.9. The fourth-order valence-corrected chi connectivity index (χ4v) is 2.74. The molecule has 0 aromatic rings. The van der Waals surface area contributed by atoms with E-state index in [4.69, 9.17) is 4.74 Å². The molecule has 9 nitrogen and oxygen atoms in total. The Bertz CT molecular complexity index is 524. The minimum Gasteiger partial charge on any atom is -0.464 e. The van der Waals surface area contributed by atoms with Crippen molar-refractivity contribution >= 4 is 24.2 Å². The summed E-state index contributed by atoms with van der Waals surface area (Å²) in [6.07, 6.45) is 1.05. The highest BCUT2D eigenvalue weighted by Gasteiger charge is 2.29. The van der Waals surface area contributed by atoms with Gasteiger partial charge in [0.1, 0.15) is 12.1 Å². The summed E-state index contributed by atoms with van der Waals surface area (Å²) in [6, 6.07) is -1.68. The van der Waals surface area contributed by atoms with E-state index in [0.29, 0.717) is 17.9 Å². The van der Waals surface area contributed by atoms with Crippen LogP contribution in [-0.4, -0.2) is 59.7 Å². The fraction of sp³-hybridized carbons (Fsp3) is 0.789. The van der Waals surface area contributed by atoms with Gasteiger partial charge in [0.25, 0.3) is 0 Å². The molecule has 3 N–H and O–H groups in total.